The molecular formula is C17H14ClN3O5S2. The third kappa shape index (κ3) is 5.09. The van der Waals surface area contributed by atoms with Gasteiger partial charge in [0.2, 0.25) is 0 Å². The topological polar surface area (TPSA) is 110 Å². The predicted molar refractivity (Wildman–Crippen MR) is 105 cm³/mol. The Morgan fingerprint density at radius 3 is 2.68 bits per heavy atom. The van der Waals surface area contributed by atoms with Crippen LogP contribution in [0.2, 0.25) is 4.34 Å². The molecule has 8 nitrogen and oxygen atoms in total. The highest BCUT2D eigenvalue weighted by atomic mass is 35.5. The van der Waals surface area contributed by atoms with Crippen LogP contribution < -0.4 is 4.74 Å². The molecule has 146 valence electrons. The van der Waals surface area contributed by atoms with Crippen LogP contribution in [0.4, 0.5) is 4.79 Å². The van der Waals surface area contributed by atoms with Gasteiger partial charge in [-0.15, -0.1) is 5.10 Å². The maximum atomic E-state index is 12.3. The van der Waals surface area contributed by atoms with Crippen molar-refractivity contribution in [1.29, 1.82) is 0 Å². The number of benzene rings is 1. The number of carboxylic acid groups (broad SMARTS) is 1. The van der Waals surface area contributed by atoms with E-state index < -0.39 is 17.1 Å². The van der Waals surface area contributed by atoms with Gasteiger partial charge in [0.05, 0.1) is 4.91 Å². The minimum atomic E-state index is -0.960. The summed E-state index contributed by atoms with van der Waals surface area (Å²) in [5.74, 6) is -0.771. The van der Waals surface area contributed by atoms with Crippen LogP contribution >= 0.6 is 34.9 Å². The van der Waals surface area contributed by atoms with Crippen molar-refractivity contribution < 1.29 is 24.2 Å². The van der Waals surface area contributed by atoms with Crippen molar-refractivity contribution in [1.82, 2.24) is 14.5 Å². The normalized spacial score (nSPS) is 15.5. The number of aliphatic carboxylic acids is 1. The average Bonchev–Trinajstić information content (AvgIpc) is 3.18. The van der Waals surface area contributed by atoms with Gasteiger partial charge in [-0.3, -0.25) is 19.3 Å². The second-order valence-electron chi connectivity index (χ2n) is 5.68. The fourth-order valence-corrected chi connectivity index (χ4v) is 3.79. The van der Waals surface area contributed by atoms with E-state index in [4.69, 9.17) is 21.4 Å². The molecule has 1 saturated heterocycles. The Labute approximate surface area is 173 Å². The van der Waals surface area contributed by atoms with Gasteiger partial charge in [0.15, 0.2) is 0 Å². The van der Waals surface area contributed by atoms with Gasteiger partial charge < -0.3 is 9.84 Å². The third-order valence-corrected chi connectivity index (χ3v) is 5.60. The quantitative estimate of drug-likeness (QED) is 0.620. The lowest BCUT2D eigenvalue weighted by Crippen LogP contribution is -2.29. The van der Waals surface area contributed by atoms with E-state index in [0.717, 1.165) is 33.8 Å². The van der Waals surface area contributed by atoms with Gasteiger partial charge >= 0.3 is 5.97 Å². The second-order valence-corrected chi connectivity index (χ2v) is 8.03. The molecule has 0 unspecified atom stereocenters. The first-order valence-electron chi connectivity index (χ1n) is 8.11. The first-order valence-corrected chi connectivity index (χ1v) is 10.1. The van der Waals surface area contributed by atoms with E-state index >= 15 is 0 Å². The van der Waals surface area contributed by atoms with E-state index in [-0.39, 0.29) is 26.0 Å². The first-order chi connectivity index (χ1) is 13.4. The molecule has 11 heteroatoms. The summed E-state index contributed by atoms with van der Waals surface area (Å²) in [4.78, 5) is 36.3. The Bertz CT molecular complexity index is 929. The average molecular weight is 440 g/mol. The van der Waals surface area contributed by atoms with E-state index in [2.05, 4.69) is 9.59 Å². The molecule has 1 aliphatic rings. The molecule has 3 rings (SSSR count). The van der Waals surface area contributed by atoms with E-state index in [1.807, 2.05) is 0 Å². The largest absolute Gasteiger partial charge is 0.487 e. The Morgan fingerprint density at radius 1 is 1.29 bits per heavy atom. The molecule has 28 heavy (non-hydrogen) atoms. The monoisotopic (exact) mass is 439 g/mol. The van der Waals surface area contributed by atoms with Crippen LogP contribution in [0.25, 0.3) is 6.08 Å². The number of imide groups is 1. The number of rotatable bonds is 8. The summed E-state index contributed by atoms with van der Waals surface area (Å²) < 4.78 is 9.80. The Kier molecular flexibility index (Phi) is 6.65. The Hall–Kier alpha value is -2.43. The van der Waals surface area contributed by atoms with Gasteiger partial charge in [0, 0.05) is 24.5 Å². The summed E-state index contributed by atoms with van der Waals surface area (Å²) in [7, 11) is 0. The van der Waals surface area contributed by atoms with Crippen LogP contribution in [-0.2, 0) is 16.2 Å². The number of ether oxygens (including phenoxy) is 1. The number of nitrogens with zero attached hydrogens (tertiary/aromatic N) is 3. The standard InChI is InChI=1S/C17H14ClN3O5S2/c18-15-12(19-20-28-15)9-26-11-5-3-10(4-6-11)8-13-16(24)21(17(25)27-13)7-1-2-14(22)23/h3-6,8H,1-2,7,9H2,(H,22,23)/b13-8+. The van der Waals surface area contributed by atoms with Crippen molar-refractivity contribution in [3.05, 3.63) is 44.8 Å². The highest BCUT2D eigenvalue weighted by Gasteiger charge is 2.34. The summed E-state index contributed by atoms with van der Waals surface area (Å²) in [6, 6.07) is 6.98. The molecular weight excluding hydrogens is 426 g/mol. The van der Waals surface area contributed by atoms with Crippen molar-refractivity contribution in [2.24, 2.45) is 0 Å². The number of carbonyl (C=O) groups excluding carboxylic acids is 2. The molecule has 2 heterocycles. The zero-order chi connectivity index (χ0) is 20.1. The lowest BCUT2D eigenvalue weighted by molar-refractivity contribution is -0.137. The van der Waals surface area contributed by atoms with Crippen molar-refractivity contribution in [2.45, 2.75) is 19.4 Å². The predicted octanol–water partition coefficient (Wildman–Crippen LogP) is 3.67. The van der Waals surface area contributed by atoms with Gasteiger partial charge in [-0.2, -0.15) is 0 Å². The SMILES string of the molecule is O=C(O)CCCN1C(=O)S/C(=C/c2ccc(OCc3nnsc3Cl)cc2)C1=O. The van der Waals surface area contributed by atoms with Crippen molar-refractivity contribution >= 4 is 58.1 Å². The summed E-state index contributed by atoms with van der Waals surface area (Å²) in [6.45, 7) is 0.291. The number of carbonyl (C=O) groups is 3. The van der Waals surface area contributed by atoms with Gasteiger partial charge in [-0.25, -0.2) is 0 Å². The maximum Gasteiger partial charge on any atom is 0.303 e. The van der Waals surface area contributed by atoms with Crippen LogP contribution in [0.3, 0.4) is 0 Å². The number of hydrogen-bond donors (Lipinski definition) is 1. The number of thioether (sulfide) groups is 1. The smallest absolute Gasteiger partial charge is 0.303 e. The molecule has 0 radical (unpaired) electrons. The van der Waals surface area contributed by atoms with Crippen LogP contribution in [0, 0.1) is 0 Å². The Balaban J connectivity index is 1.60. The van der Waals surface area contributed by atoms with E-state index in [9.17, 15) is 14.4 Å². The fourth-order valence-electron chi connectivity index (χ4n) is 2.33. The van der Waals surface area contributed by atoms with Crippen molar-refractivity contribution in [3.8, 4) is 5.75 Å². The van der Waals surface area contributed by atoms with Crippen LogP contribution in [0.5, 0.6) is 5.75 Å². The van der Waals surface area contributed by atoms with E-state index in [1.165, 1.54) is 0 Å². The number of aromatic nitrogens is 2. The summed E-state index contributed by atoms with van der Waals surface area (Å²) in [5.41, 5.74) is 1.30. The zero-order valence-electron chi connectivity index (χ0n) is 14.3. The van der Waals surface area contributed by atoms with E-state index in [1.54, 1.807) is 30.3 Å². The number of carboxylic acids is 1. The van der Waals surface area contributed by atoms with E-state index in [0.29, 0.717) is 20.7 Å². The molecule has 1 aromatic carbocycles. The van der Waals surface area contributed by atoms with Gasteiger partial charge in [-0.1, -0.05) is 28.2 Å². The number of hydrogen-bond acceptors (Lipinski definition) is 8. The zero-order valence-corrected chi connectivity index (χ0v) is 16.7. The molecule has 0 aliphatic carbocycles. The highest BCUT2D eigenvalue weighted by molar-refractivity contribution is 8.18. The van der Waals surface area contributed by atoms with Crippen LogP contribution in [0.1, 0.15) is 24.1 Å². The molecule has 0 saturated carbocycles. The molecule has 0 bridgehead atoms. The number of halogens is 1. The van der Waals surface area contributed by atoms with Crippen LogP contribution in [-0.4, -0.2) is 43.3 Å². The minimum absolute atomic E-state index is 0.0924. The van der Waals surface area contributed by atoms with Gasteiger partial charge in [0.1, 0.15) is 22.4 Å². The molecule has 2 aromatic rings. The summed E-state index contributed by atoms with van der Waals surface area (Å²) in [5, 5.41) is 12.1. The first kappa shape index (κ1) is 20.3. The van der Waals surface area contributed by atoms with Crippen molar-refractivity contribution in [2.75, 3.05) is 6.54 Å². The maximum absolute atomic E-state index is 12.3. The lowest BCUT2D eigenvalue weighted by Gasteiger charge is -2.10. The molecule has 1 fully saturated rings. The van der Waals surface area contributed by atoms with Crippen molar-refractivity contribution in [3.63, 3.8) is 0 Å². The van der Waals surface area contributed by atoms with Gasteiger partial charge in [0.25, 0.3) is 11.1 Å². The minimum Gasteiger partial charge on any atom is -0.487 e. The lowest BCUT2D eigenvalue weighted by atomic mass is 10.2. The Morgan fingerprint density at radius 2 is 2.04 bits per heavy atom. The summed E-state index contributed by atoms with van der Waals surface area (Å²) >= 11 is 7.85. The van der Waals surface area contributed by atoms with Gasteiger partial charge in [-0.05, 0) is 42.0 Å². The third-order valence-electron chi connectivity index (χ3n) is 3.71. The molecule has 2 amide bonds. The molecule has 0 atom stereocenters. The summed E-state index contributed by atoms with van der Waals surface area (Å²) in [6.07, 6.45) is 1.75. The van der Waals surface area contributed by atoms with Crippen LogP contribution in [0.15, 0.2) is 29.2 Å². The second kappa shape index (κ2) is 9.18. The molecule has 1 N–H and O–H groups in total. The number of amides is 2. The fraction of sp³-hybridized carbons (Fsp3) is 0.235. The highest BCUT2D eigenvalue weighted by Crippen LogP contribution is 2.32. The molecule has 1 aliphatic heterocycles. The molecule has 0 spiro atoms. The molecule has 1 aromatic heterocycles.